The highest BCUT2D eigenvalue weighted by molar-refractivity contribution is 5.63. The smallest absolute Gasteiger partial charge is 0.0694 e. The van der Waals surface area contributed by atoms with Gasteiger partial charge in [-0.05, 0) is 49.0 Å². The molecule has 3 heteroatoms. The van der Waals surface area contributed by atoms with Gasteiger partial charge in [0, 0.05) is 13.1 Å². The maximum absolute atomic E-state index is 5.57. The molecule has 0 aliphatic carbocycles. The van der Waals surface area contributed by atoms with Gasteiger partial charge in [0.1, 0.15) is 0 Å². The minimum atomic E-state index is 0.749. The average molecular weight is 324 g/mol. The highest BCUT2D eigenvalue weighted by Gasteiger charge is 2.08. The standard InChI is InChI=1S/C21H28N2O/c1-3-8-20(9-4-1)21-12-10-19(11-13-21)18-22-24-17-7-16-23-14-5-2-6-15-23/h1,3-4,8-13,22H,2,5-7,14-18H2. The summed E-state index contributed by atoms with van der Waals surface area (Å²) in [5, 5.41) is 0. The molecule has 24 heavy (non-hydrogen) atoms. The summed E-state index contributed by atoms with van der Waals surface area (Å²) in [5.41, 5.74) is 6.83. The fourth-order valence-electron chi connectivity index (χ4n) is 3.20. The number of hydroxylamine groups is 1. The van der Waals surface area contributed by atoms with Gasteiger partial charge in [-0.3, -0.25) is 0 Å². The Bertz CT molecular complexity index is 577. The molecule has 2 aromatic carbocycles. The third kappa shape index (κ3) is 5.45. The first-order valence-electron chi connectivity index (χ1n) is 9.13. The van der Waals surface area contributed by atoms with Gasteiger partial charge in [-0.15, -0.1) is 0 Å². The largest absolute Gasteiger partial charge is 0.303 e. The van der Waals surface area contributed by atoms with Crippen molar-refractivity contribution in [3.8, 4) is 11.1 Å². The molecule has 1 fully saturated rings. The number of nitrogens with one attached hydrogen (secondary N) is 1. The Hall–Kier alpha value is -1.68. The van der Waals surface area contributed by atoms with Crippen molar-refractivity contribution < 1.29 is 4.84 Å². The first kappa shape index (κ1) is 17.2. The van der Waals surface area contributed by atoms with Gasteiger partial charge in [0.05, 0.1) is 6.61 Å². The zero-order valence-corrected chi connectivity index (χ0v) is 14.4. The van der Waals surface area contributed by atoms with E-state index in [0.717, 1.165) is 26.1 Å². The molecule has 1 N–H and O–H groups in total. The summed E-state index contributed by atoms with van der Waals surface area (Å²) in [4.78, 5) is 8.12. The third-order valence-electron chi connectivity index (χ3n) is 4.61. The second kappa shape index (κ2) is 9.58. The van der Waals surface area contributed by atoms with Crippen LogP contribution in [0.2, 0.25) is 0 Å². The summed E-state index contributed by atoms with van der Waals surface area (Å²) in [6.45, 7) is 5.22. The van der Waals surface area contributed by atoms with Crippen LogP contribution in [0, 0.1) is 0 Å². The lowest BCUT2D eigenvalue weighted by atomic mass is 10.0. The lowest BCUT2D eigenvalue weighted by molar-refractivity contribution is 0.0298. The number of hydrogen-bond donors (Lipinski definition) is 1. The van der Waals surface area contributed by atoms with Gasteiger partial charge in [0.25, 0.3) is 0 Å². The predicted molar refractivity (Wildman–Crippen MR) is 99.6 cm³/mol. The Labute approximate surface area is 145 Å². The van der Waals surface area contributed by atoms with Gasteiger partial charge < -0.3 is 9.74 Å². The lowest BCUT2D eigenvalue weighted by Gasteiger charge is -2.26. The number of nitrogens with zero attached hydrogens (tertiary/aromatic N) is 1. The van der Waals surface area contributed by atoms with Crippen molar-refractivity contribution >= 4 is 0 Å². The predicted octanol–water partition coefficient (Wildman–Crippen LogP) is 4.25. The zero-order chi connectivity index (χ0) is 16.5. The molecule has 0 spiro atoms. The minimum absolute atomic E-state index is 0.749. The molecule has 0 atom stereocenters. The molecule has 1 heterocycles. The highest BCUT2D eigenvalue weighted by atomic mass is 16.6. The molecule has 0 saturated carbocycles. The minimum Gasteiger partial charge on any atom is -0.303 e. The van der Waals surface area contributed by atoms with E-state index in [1.807, 2.05) is 6.07 Å². The van der Waals surface area contributed by atoms with Gasteiger partial charge in [-0.1, -0.05) is 61.0 Å². The van der Waals surface area contributed by atoms with Crippen LogP contribution in [0.5, 0.6) is 0 Å². The molecule has 0 unspecified atom stereocenters. The molecule has 1 saturated heterocycles. The first-order valence-corrected chi connectivity index (χ1v) is 9.13. The van der Waals surface area contributed by atoms with Gasteiger partial charge in [0.2, 0.25) is 0 Å². The quantitative estimate of drug-likeness (QED) is 0.580. The van der Waals surface area contributed by atoms with Crippen LogP contribution in [0.1, 0.15) is 31.2 Å². The van der Waals surface area contributed by atoms with E-state index in [4.69, 9.17) is 4.84 Å². The van der Waals surface area contributed by atoms with Crippen LogP contribution in [0.3, 0.4) is 0 Å². The van der Waals surface area contributed by atoms with Crippen LogP contribution >= 0.6 is 0 Å². The fraction of sp³-hybridized carbons (Fsp3) is 0.429. The SMILES string of the molecule is c1ccc(-c2ccc(CNOCCCN3CCCCC3)cc2)cc1. The number of benzene rings is 2. The molecular weight excluding hydrogens is 296 g/mol. The molecule has 3 rings (SSSR count). The second-order valence-electron chi connectivity index (χ2n) is 6.49. The summed E-state index contributed by atoms with van der Waals surface area (Å²) in [6, 6.07) is 19.1. The van der Waals surface area contributed by atoms with E-state index in [2.05, 4.69) is 58.9 Å². The lowest BCUT2D eigenvalue weighted by Crippen LogP contribution is -2.31. The van der Waals surface area contributed by atoms with Crippen molar-refractivity contribution in [3.63, 3.8) is 0 Å². The van der Waals surface area contributed by atoms with Crippen LogP contribution in [0.4, 0.5) is 0 Å². The van der Waals surface area contributed by atoms with E-state index < -0.39 is 0 Å². The summed E-state index contributed by atoms with van der Waals surface area (Å²) in [7, 11) is 0. The van der Waals surface area contributed by atoms with Crippen molar-refractivity contribution in [2.45, 2.75) is 32.2 Å². The Morgan fingerprint density at radius 1 is 0.833 bits per heavy atom. The normalized spacial score (nSPS) is 15.5. The first-order chi connectivity index (χ1) is 11.9. The topological polar surface area (TPSA) is 24.5 Å². The summed E-state index contributed by atoms with van der Waals surface area (Å²) in [6.07, 6.45) is 5.22. The maximum atomic E-state index is 5.57. The fourth-order valence-corrected chi connectivity index (χ4v) is 3.20. The number of piperidine rings is 1. The molecule has 0 amide bonds. The van der Waals surface area contributed by atoms with E-state index in [-0.39, 0.29) is 0 Å². The van der Waals surface area contributed by atoms with E-state index in [0.29, 0.717) is 0 Å². The van der Waals surface area contributed by atoms with Crippen molar-refractivity contribution in [1.82, 2.24) is 10.4 Å². The Kier molecular flexibility index (Phi) is 6.84. The molecular formula is C21H28N2O. The molecule has 1 aliphatic heterocycles. The van der Waals surface area contributed by atoms with E-state index in [1.165, 1.54) is 49.0 Å². The molecule has 0 bridgehead atoms. The summed E-state index contributed by atoms with van der Waals surface area (Å²) < 4.78 is 0. The van der Waals surface area contributed by atoms with Crippen LogP contribution in [-0.2, 0) is 11.4 Å². The maximum Gasteiger partial charge on any atom is 0.0694 e. The molecule has 3 nitrogen and oxygen atoms in total. The van der Waals surface area contributed by atoms with Crippen LogP contribution in [0.25, 0.3) is 11.1 Å². The zero-order valence-electron chi connectivity index (χ0n) is 14.4. The van der Waals surface area contributed by atoms with Gasteiger partial charge >= 0.3 is 0 Å². The monoisotopic (exact) mass is 324 g/mol. The van der Waals surface area contributed by atoms with Gasteiger partial charge in [-0.2, -0.15) is 5.48 Å². The average Bonchev–Trinajstić information content (AvgIpc) is 2.67. The van der Waals surface area contributed by atoms with Crippen LogP contribution in [0.15, 0.2) is 54.6 Å². The molecule has 1 aliphatic rings. The summed E-state index contributed by atoms with van der Waals surface area (Å²) >= 11 is 0. The Morgan fingerprint density at radius 2 is 1.54 bits per heavy atom. The Morgan fingerprint density at radius 3 is 2.29 bits per heavy atom. The number of likely N-dealkylation sites (tertiary alicyclic amines) is 1. The molecule has 0 radical (unpaired) electrons. The van der Waals surface area contributed by atoms with Crippen molar-refractivity contribution in [2.24, 2.45) is 0 Å². The van der Waals surface area contributed by atoms with Crippen LogP contribution < -0.4 is 5.48 Å². The number of rotatable bonds is 8. The number of hydrogen-bond acceptors (Lipinski definition) is 3. The van der Waals surface area contributed by atoms with Crippen molar-refractivity contribution in [3.05, 3.63) is 60.2 Å². The second-order valence-corrected chi connectivity index (χ2v) is 6.49. The van der Waals surface area contributed by atoms with Crippen molar-refractivity contribution in [2.75, 3.05) is 26.2 Å². The summed E-state index contributed by atoms with van der Waals surface area (Å²) in [5.74, 6) is 0. The molecule has 0 aromatic heterocycles. The van der Waals surface area contributed by atoms with Gasteiger partial charge in [0.15, 0.2) is 0 Å². The Balaban J connectivity index is 1.32. The van der Waals surface area contributed by atoms with Crippen LogP contribution in [-0.4, -0.2) is 31.1 Å². The van der Waals surface area contributed by atoms with E-state index >= 15 is 0 Å². The highest BCUT2D eigenvalue weighted by Crippen LogP contribution is 2.19. The third-order valence-corrected chi connectivity index (χ3v) is 4.61. The van der Waals surface area contributed by atoms with E-state index in [9.17, 15) is 0 Å². The van der Waals surface area contributed by atoms with Crippen molar-refractivity contribution in [1.29, 1.82) is 0 Å². The van der Waals surface area contributed by atoms with E-state index in [1.54, 1.807) is 0 Å². The molecule has 128 valence electrons. The van der Waals surface area contributed by atoms with Gasteiger partial charge in [-0.25, -0.2) is 0 Å². The molecule has 2 aromatic rings.